The van der Waals surface area contributed by atoms with Gasteiger partial charge in [-0.25, -0.2) is 0 Å². The summed E-state index contributed by atoms with van der Waals surface area (Å²) >= 11 is 0. The van der Waals surface area contributed by atoms with Crippen molar-refractivity contribution in [2.24, 2.45) is 0 Å². The first kappa shape index (κ1) is 14.4. The number of rotatable bonds is 2. The number of hydrogen-bond acceptors (Lipinski definition) is 0. The Morgan fingerprint density at radius 3 is 1.59 bits per heavy atom. The molecular weight excluding hydrogens is 330 g/mol. The second-order valence-corrected chi connectivity index (χ2v) is 7.03. The van der Waals surface area contributed by atoms with Gasteiger partial charge in [0.15, 0.2) is 0 Å². The summed E-state index contributed by atoms with van der Waals surface area (Å²) in [6.07, 6.45) is 0. The van der Waals surface area contributed by atoms with Gasteiger partial charge in [-0.1, -0.05) is 42.5 Å². The number of nitrogens with one attached hydrogen (secondary N) is 3. The van der Waals surface area contributed by atoms with Gasteiger partial charge in [-0.3, -0.25) is 0 Å². The monoisotopic (exact) mass is 347 g/mol. The van der Waals surface area contributed by atoms with Crippen molar-refractivity contribution in [3.8, 4) is 22.6 Å². The third-order valence-corrected chi connectivity index (χ3v) is 5.28. The zero-order chi connectivity index (χ0) is 17.8. The van der Waals surface area contributed by atoms with E-state index in [1.54, 1.807) is 0 Å². The number of hydrogen-bond donors (Lipinski definition) is 3. The second kappa shape index (κ2) is 5.39. The minimum absolute atomic E-state index is 1.11. The largest absolute Gasteiger partial charge is 0.355 e. The summed E-state index contributed by atoms with van der Waals surface area (Å²) in [5, 5.41) is 3.67. The van der Waals surface area contributed by atoms with Crippen LogP contribution in [0.2, 0.25) is 0 Å². The Hall–Kier alpha value is -3.72. The van der Waals surface area contributed by atoms with Crippen LogP contribution in [0, 0.1) is 0 Å². The maximum Gasteiger partial charge on any atom is 0.0630 e. The third-order valence-electron chi connectivity index (χ3n) is 5.28. The Morgan fingerprint density at radius 2 is 0.926 bits per heavy atom. The van der Waals surface area contributed by atoms with Crippen LogP contribution < -0.4 is 0 Å². The van der Waals surface area contributed by atoms with Gasteiger partial charge in [0, 0.05) is 38.4 Å². The number of benzene rings is 3. The molecule has 0 saturated heterocycles. The zero-order valence-corrected chi connectivity index (χ0v) is 14.6. The van der Waals surface area contributed by atoms with E-state index >= 15 is 0 Å². The number of aromatic amines is 3. The van der Waals surface area contributed by atoms with Crippen LogP contribution in [0.3, 0.4) is 0 Å². The van der Waals surface area contributed by atoms with E-state index in [9.17, 15) is 0 Å². The first-order chi connectivity index (χ1) is 13.3. The topological polar surface area (TPSA) is 47.4 Å². The van der Waals surface area contributed by atoms with Crippen LogP contribution in [0.25, 0.3) is 55.4 Å². The minimum atomic E-state index is 1.11. The molecule has 3 heterocycles. The Bertz CT molecular complexity index is 1290. The maximum absolute atomic E-state index is 3.54. The smallest absolute Gasteiger partial charge is 0.0630 e. The molecule has 0 aliphatic carbocycles. The first-order valence-corrected chi connectivity index (χ1v) is 9.12. The molecule has 0 amide bonds. The van der Waals surface area contributed by atoms with E-state index in [0.29, 0.717) is 0 Å². The van der Waals surface area contributed by atoms with E-state index in [0.717, 1.165) is 28.1 Å². The van der Waals surface area contributed by atoms with E-state index in [4.69, 9.17) is 0 Å². The Kier molecular flexibility index (Phi) is 2.88. The van der Waals surface area contributed by atoms with Gasteiger partial charge in [0.25, 0.3) is 0 Å². The highest BCUT2D eigenvalue weighted by molar-refractivity contribution is 5.93. The van der Waals surface area contributed by atoms with Gasteiger partial charge in [-0.15, -0.1) is 0 Å². The number of H-pyrrole nitrogens is 3. The second-order valence-electron chi connectivity index (χ2n) is 7.03. The fraction of sp³-hybridized carbons (Fsp3) is 0. The molecule has 0 unspecified atom stereocenters. The lowest BCUT2D eigenvalue weighted by atomic mass is 10.1. The molecule has 128 valence electrons. The molecule has 3 aromatic carbocycles. The summed E-state index contributed by atoms with van der Waals surface area (Å²) in [4.78, 5) is 10.6. The van der Waals surface area contributed by atoms with E-state index < -0.39 is 0 Å². The lowest BCUT2D eigenvalue weighted by molar-refractivity contribution is 1.38. The van der Waals surface area contributed by atoms with E-state index in [1.807, 2.05) is 0 Å². The van der Waals surface area contributed by atoms with Gasteiger partial charge in [-0.2, -0.15) is 0 Å². The van der Waals surface area contributed by atoms with Crippen LogP contribution in [-0.2, 0) is 0 Å². The quantitative estimate of drug-likeness (QED) is 0.322. The molecule has 3 N–H and O–H groups in total. The predicted octanol–water partition coefficient (Wildman–Crippen LogP) is 6.46. The van der Waals surface area contributed by atoms with Crippen molar-refractivity contribution in [1.29, 1.82) is 0 Å². The lowest BCUT2D eigenvalue weighted by Crippen LogP contribution is -1.77. The van der Waals surface area contributed by atoms with Crippen LogP contribution in [0.5, 0.6) is 0 Å². The van der Waals surface area contributed by atoms with Crippen LogP contribution in [0.4, 0.5) is 0 Å². The van der Waals surface area contributed by atoms with Gasteiger partial charge in [0.1, 0.15) is 0 Å². The molecule has 3 aromatic heterocycles. The minimum Gasteiger partial charge on any atom is -0.355 e. The van der Waals surface area contributed by atoms with Crippen molar-refractivity contribution in [1.82, 2.24) is 15.0 Å². The molecule has 3 heteroatoms. The van der Waals surface area contributed by atoms with E-state index in [-0.39, 0.29) is 0 Å². The molecular formula is C24H17N3. The molecule has 3 nitrogen and oxygen atoms in total. The Balaban J connectivity index is 1.46. The Labute approximate surface area is 155 Å². The number of fused-ring (bicyclic) bond motifs is 3. The van der Waals surface area contributed by atoms with Crippen molar-refractivity contribution in [3.05, 3.63) is 84.9 Å². The molecule has 6 aromatic rings. The molecule has 0 saturated carbocycles. The Morgan fingerprint density at radius 1 is 0.407 bits per heavy atom. The highest BCUT2D eigenvalue weighted by atomic mass is 14.8. The van der Waals surface area contributed by atoms with Crippen LogP contribution in [0.1, 0.15) is 0 Å². The SMILES string of the molecule is c1ccc2[nH]c(-c3ccc4[nH]c(-c5cc6ccccc6[nH]5)cc4c3)cc2c1. The highest BCUT2D eigenvalue weighted by Gasteiger charge is 2.09. The highest BCUT2D eigenvalue weighted by Crippen LogP contribution is 2.30. The molecule has 27 heavy (non-hydrogen) atoms. The average Bonchev–Trinajstić information content (AvgIpc) is 3.41. The third kappa shape index (κ3) is 2.29. The summed E-state index contributed by atoms with van der Waals surface area (Å²) < 4.78 is 0. The first-order valence-electron chi connectivity index (χ1n) is 9.12. The summed E-state index contributed by atoms with van der Waals surface area (Å²) in [6, 6.07) is 29.9. The standard InChI is InChI=1S/C24H17N3/c1-3-7-19-15(5-1)12-22(25-19)17-9-10-21-18(11-17)14-24(27-21)23-13-16-6-2-4-8-20(16)26-23/h1-14,25-27H. The average molecular weight is 347 g/mol. The predicted molar refractivity (Wildman–Crippen MR) is 113 cm³/mol. The molecule has 0 bridgehead atoms. The molecule has 6 rings (SSSR count). The van der Waals surface area contributed by atoms with Crippen molar-refractivity contribution in [3.63, 3.8) is 0 Å². The summed E-state index contributed by atoms with van der Waals surface area (Å²) in [5.41, 5.74) is 8.02. The molecule has 0 aliphatic rings. The maximum atomic E-state index is 3.54. The van der Waals surface area contributed by atoms with Gasteiger partial charge in [0.2, 0.25) is 0 Å². The van der Waals surface area contributed by atoms with Gasteiger partial charge < -0.3 is 15.0 Å². The summed E-state index contributed by atoms with van der Waals surface area (Å²) in [6.45, 7) is 0. The van der Waals surface area contributed by atoms with E-state index in [1.165, 1.54) is 27.2 Å². The summed E-state index contributed by atoms with van der Waals surface area (Å²) in [7, 11) is 0. The van der Waals surface area contributed by atoms with Crippen molar-refractivity contribution >= 4 is 32.7 Å². The zero-order valence-electron chi connectivity index (χ0n) is 14.6. The van der Waals surface area contributed by atoms with Crippen molar-refractivity contribution < 1.29 is 0 Å². The van der Waals surface area contributed by atoms with Gasteiger partial charge >= 0.3 is 0 Å². The fourth-order valence-electron chi connectivity index (χ4n) is 3.89. The van der Waals surface area contributed by atoms with Crippen LogP contribution >= 0.6 is 0 Å². The molecule has 0 spiro atoms. The van der Waals surface area contributed by atoms with Crippen molar-refractivity contribution in [2.75, 3.05) is 0 Å². The summed E-state index contributed by atoms with van der Waals surface area (Å²) in [5.74, 6) is 0. The van der Waals surface area contributed by atoms with E-state index in [2.05, 4.69) is 99.9 Å². The van der Waals surface area contributed by atoms with Gasteiger partial charge in [-0.05, 0) is 48.0 Å². The number of para-hydroxylation sites is 2. The normalized spacial score (nSPS) is 11.7. The molecule has 0 fully saturated rings. The molecule has 0 atom stereocenters. The molecule has 0 radical (unpaired) electrons. The van der Waals surface area contributed by atoms with Crippen LogP contribution in [0.15, 0.2) is 84.9 Å². The molecule has 0 aliphatic heterocycles. The van der Waals surface area contributed by atoms with Crippen LogP contribution in [-0.4, -0.2) is 15.0 Å². The van der Waals surface area contributed by atoms with Crippen molar-refractivity contribution in [2.45, 2.75) is 0 Å². The number of aromatic nitrogens is 3. The fourth-order valence-corrected chi connectivity index (χ4v) is 3.89. The van der Waals surface area contributed by atoms with Gasteiger partial charge in [0.05, 0.1) is 11.4 Å². The lowest BCUT2D eigenvalue weighted by Gasteiger charge is -1.98.